The quantitative estimate of drug-likeness (QED) is 0.699. The van der Waals surface area contributed by atoms with E-state index in [1.54, 1.807) is 0 Å². The van der Waals surface area contributed by atoms with Crippen molar-refractivity contribution in [3.63, 3.8) is 0 Å². The van der Waals surface area contributed by atoms with Crippen molar-refractivity contribution >= 4 is 11.0 Å². The maximum absolute atomic E-state index is 9.60. The maximum Gasteiger partial charge on any atom is 0.165 e. The molecule has 0 spiro atoms. The molecule has 1 N–H and O–H groups in total. The second-order valence-electron chi connectivity index (χ2n) is 2.72. The molecule has 2 nitrogen and oxygen atoms in total. The molecule has 0 amide bonds. The fourth-order valence-corrected chi connectivity index (χ4v) is 1.32. The van der Waals surface area contributed by atoms with Crippen LogP contribution in [0, 0.1) is 0 Å². The summed E-state index contributed by atoms with van der Waals surface area (Å²) in [6.07, 6.45) is 0.723. The van der Waals surface area contributed by atoms with Gasteiger partial charge in [-0.1, -0.05) is 19.1 Å². The van der Waals surface area contributed by atoms with E-state index in [0.29, 0.717) is 5.76 Å². The summed E-state index contributed by atoms with van der Waals surface area (Å²) in [6.45, 7) is 1.96. The lowest BCUT2D eigenvalue weighted by atomic mass is 10.2. The number of benzene rings is 1. The number of hydrogen-bond donors (Lipinski definition) is 1. The van der Waals surface area contributed by atoms with E-state index in [-0.39, 0.29) is 5.75 Å². The van der Waals surface area contributed by atoms with Crippen molar-refractivity contribution in [2.24, 2.45) is 0 Å². The number of fused-ring (bicyclic) bond motifs is 1. The molecule has 1 aromatic heterocycles. The van der Waals surface area contributed by atoms with E-state index in [1.165, 1.54) is 0 Å². The number of aromatic hydroxyl groups is 1. The van der Waals surface area contributed by atoms with Gasteiger partial charge in [-0.2, -0.15) is 0 Å². The van der Waals surface area contributed by atoms with Crippen molar-refractivity contribution in [1.82, 2.24) is 0 Å². The van der Waals surface area contributed by atoms with E-state index in [9.17, 15) is 5.11 Å². The first kappa shape index (κ1) is 7.22. The summed E-state index contributed by atoms with van der Waals surface area (Å²) >= 11 is 0. The van der Waals surface area contributed by atoms with Crippen LogP contribution in [0.1, 0.15) is 12.7 Å². The second-order valence-corrected chi connectivity index (χ2v) is 2.72. The van der Waals surface area contributed by atoms with Crippen LogP contribution in [0.4, 0.5) is 0 Å². The van der Waals surface area contributed by atoms with E-state index in [0.717, 1.165) is 17.4 Å². The van der Waals surface area contributed by atoms with Gasteiger partial charge in [0.1, 0.15) is 11.3 Å². The Labute approximate surface area is 70.4 Å². The van der Waals surface area contributed by atoms with Crippen molar-refractivity contribution in [1.29, 1.82) is 0 Å². The first-order valence-corrected chi connectivity index (χ1v) is 4.02. The van der Waals surface area contributed by atoms with Crippen LogP contribution in [0.2, 0.25) is 0 Å². The molecule has 62 valence electrons. The molecule has 0 aliphatic carbocycles. The molecule has 0 radical (unpaired) electrons. The molecular weight excluding hydrogens is 152 g/mol. The molecule has 0 fully saturated rings. The third-order valence-corrected chi connectivity index (χ3v) is 1.96. The van der Waals surface area contributed by atoms with Gasteiger partial charge in [-0.3, -0.25) is 0 Å². The molecule has 1 aromatic carbocycles. The molecule has 0 saturated heterocycles. The van der Waals surface area contributed by atoms with Crippen LogP contribution in [0.5, 0.6) is 5.75 Å². The summed E-state index contributed by atoms with van der Waals surface area (Å²) in [5.74, 6) is 0.948. The average molecular weight is 162 g/mol. The molecule has 0 unspecified atom stereocenters. The Morgan fingerprint density at radius 2 is 2.08 bits per heavy atom. The normalized spacial score (nSPS) is 10.8. The standard InChI is InChI=1S/C10H10O2/c1-2-8-10(11)7-5-3-4-6-9(7)12-8/h3-6,11H,2H2,1H3. The molecule has 12 heavy (non-hydrogen) atoms. The molecule has 2 heteroatoms. The van der Waals surface area contributed by atoms with Gasteiger partial charge in [0.15, 0.2) is 5.75 Å². The van der Waals surface area contributed by atoms with Gasteiger partial charge in [0.2, 0.25) is 0 Å². The van der Waals surface area contributed by atoms with Crippen LogP contribution < -0.4 is 0 Å². The molecule has 0 saturated carbocycles. The van der Waals surface area contributed by atoms with E-state index in [1.807, 2.05) is 31.2 Å². The molecule has 0 aliphatic heterocycles. The van der Waals surface area contributed by atoms with Gasteiger partial charge in [0, 0.05) is 6.42 Å². The highest BCUT2D eigenvalue weighted by Gasteiger charge is 2.09. The highest BCUT2D eigenvalue weighted by Crippen LogP contribution is 2.31. The van der Waals surface area contributed by atoms with Crippen LogP contribution in [0.25, 0.3) is 11.0 Å². The Morgan fingerprint density at radius 1 is 1.33 bits per heavy atom. The van der Waals surface area contributed by atoms with Crippen molar-refractivity contribution in [2.75, 3.05) is 0 Å². The summed E-state index contributed by atoms with van der Waals surface area (Å²) in [6, 6.07) is 7.49. The van der Waals surface area contributed by atoms with Gasteiger partial charge in [0.25, 0.3) is 0 Å². The zero-order valence-electron chi connectivity index (χ0n) is 6.87. The Kier molecular flexibility index (Phi) is 1.54. The first-order valence-electron chi connectivity index (χ1n) is 4.02. The van der Waals surface area contributed by atoms with Crippen molar-refractivity contribution in [2.45, 2.75) is 13.3 Å². The van der Waals surface area contributed by atoms with Gasteiger partial charge in [0.05, 0.1) is 5.39 Å². The van der Waals surface area contributed by atoms with Crippen LogP contribution in [0.15, 0.2) is 28.7 Å². The zero-order valence-corrected chi connectivity index (χ0v) is 6.87. The monoisotopic (exact) mass is 162 g/mol. The minimum Gasteiger partial charge on any atom is -0.504 e. The number of aryl methyl sites for hydroxylation is 1. The van der Waals surface area contributed by atoms with Gasteiger partial charge >= 0.3 is 0 Å². The van der Waals surface area contributed by atoms with Crippen LogP contribution in [-0.4, -0.2) is 5.11 Å². The van der Waals surface area contributed by atoms with Gasteiger partial charge < -0.3 is 9.52 Å². The molecule has 0 bridgehead atoms. The Hall–Kier alpha value is -1.44. The fraction of sp³-hybridized carbons (Fsp3) is 0.200. The smallest absolute Gasteiger partial charge is 0.165 e. The number of furan rings is 1. The molecular formula is C10H10O2. The molecule has 2 aromatic rings. The number of hydrogen-bond acceptors (Lipinski definition) is 2. The predicted molar refractivity (Wildman–Crippen MR) is 47.3 cm³/mol. The third-order valence-electron chi connectivity index (χ3n) is 1.96. The zero-order chi connectivity index (χ0) is 8.55. The van der Waals surface area contributed by atoms with Crippen molar-refractivity contribution in [3.8, 4) is 5.75 Å². The van der Waals surface area contributed by atoms with Crippen LogP contribution in [0.3, 0.4) is 0 Å². The SMILES string of the molecule is CCc1oc2ccccc2c1O. The number of para-hydroxylation sites is 1. The van der Waals surface area contributed by atoms with Gasteiger partial charge in [-0.25, -0.2) is 0 Å². The Morgan fingerprint density at radius 3 is 2.75 bits per heavy atom. The summed E-state index contributed by atoms with van der Waals surface area (Å²) in [4.78, 5) is 0. The lowest BCUT2D eigenvalue weighted by Crippen LogP contribution is -1.71. The third kappa shape index (κ3) is 0.881. The summed E-state index contributed by atoms with van der Waals surface area (Å²) in [5.41, 5.74) is 0.756. The van der Waals surface area contributed by atoms with Crippen LogP contribution in [-0.2, 0) is 6.42 Å². The Bertz CT molecular complexity index is 401. The lowest BCUT2D eigenvalue weighted by molar-refractivity contribution is 0.443. The van der Waals surface area contributed by atoms with E-state index >= 15 is 0 Å². The largest absolute Gasteiger partial charge is 0.504 e. The highest BCUT2D eigenvalue weighted by molar-refractivity contribution is 5.84. The topological polar surface area (TPSA) is 33.4 Å². The van der Waals surface area contributed by atoms with E-state index in [4.69, 9.17) is 4.42 Å². The summed E-state index contributed by atoms with van der Waals surface area (Å²) in [7, 11) is 0. The molecule has 1 heterocycles. The van der Waals surface area contributed by atoms with Gasteiger partial charge in [-0.15, -0.1) is 0 Å². The Balaban J connectivity index is 2.78. The van der Waals surface area contributed by atoms with E-state index < -0.39 is 0 Å². The average Bonchev–Trinajstić information content (AvgIpc) is 2.44. The minimum absolute atomic E-state index is 0.285. The summed E-state index contributed by atoms with van der Waals surface area (Å²) in [5, 5.41) is 10.4. The maximum atomic E-state index is 9.60. The lowest BCUT2D eigenvalue weighted by Gasteiger charge is -1.87. The van der Waals surface area contributed by atoms with Crippen molar-refractivity contribution < 1.29 is 9.52 Å². The second kappa shape index (κ2) is 2.55. The molecule has 0 aliphatic rings. The highest BCUT2D eigenvalue weighted by atomic mass is 16.4. The predicted octanol–water partition coefficient (Wildman–Crippen LogP) is 2.70. The number of rotatable bonds is 1. The van der Waals surface area contributed by atoms with Crippen molar-refractivity contribution in [3.05, 3.63) is 30.0 Å². The first-order chi connectivity index (χ1) is 5.83. The summed E-state index contributed by atoms with van der Waals surface area (Å²) < 4.78 is 5.40. The van der Waals surface area contributed by atoms with E-state index in [2.05, 4.69) is 0 Å². The minimum atomic E-state index is 0.285. The molecule has 0 atom stereocenters. The fourth-order valence-electron chi connectivity index (χ4n) is 1.32. The molecule has 2 rings (SSSR count). The van der Waals surface area contributed by atoms with Gasteiger partial charge in [-0.05, 0) is 12.1 Å². The van der Waals surface area contributed by atoms with Crippen LogP contribution >= 0.6 is 0 Å².